The lowest BCUT2D eigenvalue weighted by molar-refractivity contribution is 0.287. The van der Waals surface area contributed by atoms with Crippen molar-refractivity contribution in [2.45, 2.75) is 0 Å². The molecule has 0 atom stereocenters. The van der Waals surface area contributed by atoms with Gasteiger partial charge in [0.2, 0.25) is 0 Å². The van der Waals surface area contributed by atoms with Crippen LogP contribution in [0.4, 0.5) is 0 Å². The topological polar surface area (TPSA) is 130 Å². The molecular weight excluding hydrogens is 265 g/mol. The average Bonchev–Trinajstić information content (AvgIpc) is 1.94. The summed E-state index contributed by atoms with van der Waals surface area (Å²) in [5.41, 5.74) is 0. The standard InChI is InChI=1S/C4H12BNO8S2/c1-6(2)3-5(14-16(10,11)12)4-13-15(7,8)9/h3-4H2,1-2H3,(H,7,8,9)(H,10,11,12). The lowest BCUT2D eigenvalue weighted by Crippen LogP contribution is -2.39. The lowest BCUT2D eigenvalue weighted by atomic mass is 9.70. The number of hydrogen-bond donors (Lipinski definition) is 2. The van der Waals surface area contributed by atoms with Crippen molar-refractivity contribution >= 4 is 27.7 Å². The Morgan fingerprint density at radius 3 is 1.94 bits per heavy atom. The van der Waals surface area contributed by atoms with Gasteiger partial charge in [0.15, 0.2) is 0 Å². The van der Waals surface area contributed by atoms with Crippen LogP contribution in [0.3, 0.4) is 0 Å². The maximum absolute atomic E-state index is 10.4. The molecule has 2 N–H and O–H groups in total. The summed E-state index contributed by atoms with van der Waals surface area (Å²) in [6, 6.07) is 0. The largest absolute Gasteiger partial charge is 0.396 e. The Hall–Kier alpha value is -0.235. The van der Waals surface area contributed by atoms with Crippen molar-refractivity contribution in [3.63, 3.8) is 0 Å². The zero-order valence-electron chi connectivity index (χ0n) is 8.60. The first kappa shape index (κ1) is 15.8. The van der Waals surface area contributed by atoms with Gasteiger partial charge < -0.3 is 9.00 Å². The van der Waals surface area contributed by atoms with E-state index in [9.17, 15) is 16.8 Å². The van der Waals surface area contributed by atoms with Crippen LogP contribution in [0, 0.1) is 0 Å². The van der Waals surface area contributed by atoms with Gasteiger partial charge in [0, 0.05) is 6.44 Å². The highest BCUT2D eigenvalue weighted by molar-refractivity contribution is 7.82. The third-order valence-corrected chi connectivity index (χ3v) is 2.18. The van der Waals surface area contributed by atoms with E-state index in [-0.39, 0.29) is 6.44 Å². The molecule has 0 rings (SSSR count). The Morgan fingerprint density at radius 2 is 1.62 bits per heavy atom. The van der Waals surface area contributed by atoms with Crippen molar-refractivity contribution in [3.8, 4) is 0 Å². The summed E-state index contributed by atoms with van der Waals surface area (Å²) in [6.07, 6.45) is -0.0324. The molecular formula is C4H12BNO8S2. The highest BCUT2D eigenvalue weighted by Gasteiger charge is 2.26. The molecule has 0 aromatic heterocycles. The van der Waals surface area contributed by atoms with Crippen LogP contribution in [0.1, 0.15) is 0 Å². The molecule has 0 aliphatic heterocycles. The molecule has 0 heterocycles. The number of nitrogens with zero attached hydrogens (tertiary/aromatic N) is 1. The van der Waals surface area contributed by atoms with E-state index in [4.69, 9.17) is 9.11 Å². The summed E-state index contributed by atoms with van der Waals surface area (Å²) in [5, 5.41) is 0. The molecule has 0 amide bonds. The van der Waals surface area contributed by atoms with Crippen molar-refractivity contribution in [1.82, 2.24) is 4.90 Å². The van der Waals surface area contributed by atoms with E-state index in [0.717, 1.165) is 0 Å². The van der Waals surface area contributed by atoms with E-state index in [0.29, 0.717) is 0 Å². The summed E-state index contributed by atoms with van der Waals surface area (Å²) < 4.78 is 66.0. The van der Waals surface area contributed by atoms with Gasteiger partial charge in [0.25, 0.3) is 0 Å². The fraction of sp³-hybridized carbons (Fsp3) is 1.00. The van der Waals surface area contributed by atoms with Crippen molar-refractivity contribution in [2.24, 2.45) is 0 Å². The maximum atomic E-state index is 10.4. The van der Waals surface area contributed by atoms with Crippen molar-refractivity contribution in [2.75, 3.05) is 27.0 Å². The molecule has 0 aromatic rings. The van der Waals surface area contributed by atoms with Gasteiger partial charge in [0.1, 0.15) is 0 Å². The molecule has 0 spiro atoms. The van der Waals surface area contributed by atoms with E-state index >= 15 is 0 Å². The van der Waals surface area contributed by atoms with Crippen LogP contribution in [0.2, 0.25) is 0 Å². The summed E-state index contributed by atoms with van der Waals surface area (Å²) in [5.74, 6) is 0. The molecule has 0 radical (unpaired) electrons. The van der Waals surface area contributed by atoms with Crippen LogP contribution >= 0.6 is 0 Å². The zero-order chi connectivity index (χ0) is 13.0. The zero-order valence-corrected chi connectivity index (χ0v) is 10.2. The first-order chi connectivity index (χ1) is 6.99. The third-order valence-electron chi connectivity index (χ3n) is 1.23. The molecule has 0 aromatic carbocycles. The molecule has 9 nitrogen and oxygen atoms in total. The van der Waals surface area contributed by atoms with Crippen molar-refractivity contribution in [1.29, 1.82) is 0 Å². The summed E-state index contributed by atoms with van der Waals surface area (Å²) in [7, 11) is -6.28. The van der Waals surface area contributed by atoms with Gasteiger partial charge in [-0.25, -0.2) is 0 Å². The molecule has 0 unspecified atom stereocenters. The molecule has 0 fully saturated rings. The fourth-order valence-corrected chi connectivity index (χ4v) is 1.64. The molecule has 0 saturated heterocycles. The Morgan fingerprint density at radius 1 is 1.12 bits per heavy atom. The van der Waals surface area contributed by atoms with E-state index in [2.05, 4.69) is 8.28 Å². The minimum Gasteiger partial charge on any atom is -0.314 e. The summed E-state index contributed by atoms with van der Waals surface area (Å²) in [6.45, 7) is -2.00. The normalized spacial score (nSPS) is 13.1. The van der Waals surface area contributed by atoms with E-state index < -0.39 is 34.2 Å². The Balaban J connectivity index is 4.44. The summed E-state index contributed by atoms with van der Waals surface area (Å²) >= 11 is 0. The second-order valence-electron chi connectivity index (χ2n) is 3.12. The number of rotatable bonds is 7. The van der Waals surface area contributed by atoms with Crippen molar-refractivity contribution < 1.29 is 34.2 Å². The van der Waals surface area contributed by atoms with Gasteiger partial charge in [-0.3, -0.25) is 13.3 Å². The van der Waals surface area contributed by atoms with Gasteiger partial charge in [-0.05, 0) is 14.1 Å². The first-order valence-electron chi connectivity index (χ1n) is 3.92. The molecule has 0 aliphatic carbocycles. The van der Waals surface area contributed by atoms with Crippen LogP contribution in [0.15, 0.2) is 0 Å². The molecule has 16 heavy (non-hydrogen) atoms. The Kier molecular flexibility index (Phi) is 5.82. The lowest BCUT2D eigenvalue weighted by Gasteiger charge is -2.15. The van der Waals surface area contributed by atoms with Gasteiger partial charge in [-0.2, -0.15) is 16.8 Å². The van der Waals surface area contributed by atoms with Crippen LogP contribution in [-0.2, 0) is 29.1 Å². The fourth-order valence-electron chi connectivity index (χ4n) is 0.852. The Bertz CT molecular complexity index is 402. The quantitative estimate of drug-likeness (QED) is 0.411. The van der Waals surface area contributed by atoms with Crippen LogP contribution in [0.5, 0.6) is 0 Å². The highest BCUT2D eigenvalue weighted by Crippen LogP contribution is 1.98. The molecule has 96 valence electrons. The SMILES string of the molecule is CN(C)CB(COS(=O)(=O)O)OS(=O)(=O)O. The second-order valence-corrected chi connectivity index (χ2v) is 5.26. The van der Waals surface area contributed by atoms with Crippen molar-refractivity contribution in [3.05, 3.63) is 0 Å². The molecule has 0 saturated carbocycles. The number of hydrogen-bond acceptors (Lipinski definition) is 7. The van der Waals surface area contributed by atoms with Crippen LogP contribution < -0.4 is 0 Å². The Labute approximate surface area is 94.4 Å². The smallest absolute Gasteiger partial charge is 0.314 e. The third kappa shape index (κ3) is 10.3. The van der Waals surface area contributed by atoms with Gasteiger partial charge >= 0.3 is 27.7 Å². The van der Waals surface area contributed by atoms with E-state index in [1.807, 2.05) is 0 Å². The van der Waals surface area contributed by atoms with Gasteiger partial charge in [-0.1, -0.05) is 0 Å². The van der Waals surface area contributed by atoms with Crippen LogP contribution in [0.25, 0.3) is 0 Å². The highest BCUT2D eigenvalue weighted by atomic mass is 32.3. The monoisotopic (exact) mass is 277 g/mol. The van der Waals surface area contributed by atoms with Gasteiger partial charge in [0.05, 0.1) is 6.51 Å². The minimum atomic E-state index is -4.72. The van der Waals surface area contributed by atoms with E-state index in [1.54, 1.807) is 14.1 Å². The maximum Gasteiger partial charge on any atom is 0.396 e. The first-order valence-corrected chi connectivity index (χ1v) is 6.65. The van der Waals surface area contributed by atoms with E-state index in [1.165, 1.54) is 4.90 Å². The second kappa shape index (κ2) is 5.91. The summed E-state index contributed by atoms with van der Waals surface area (Å²) in [4.78, 5) is 1.48. The van der Waals surface area contributed by atoms with Gasteiger partial charge in [-0.15, -0.1) is 0 Å². The molecule has 12 heteroatoms. The van der Waals surface area contributed by atoms with Crippen LogP contribution in [-0.4, -0.2) is 64.8 Å². The molecule has 0 aliphatic rings. The molecule has 0 bridgehead atoms. The average molecular weight is 277 g/mol. The predicted octanol–water partition coefficient (Wildman–Crippen LogP) is -1.74. The minimum absolute atomic E-state index is 0.0324. The predicted molar refractivity (Wildman–Crippen MR) is 54.4 cm³/mol.